The number of halogens is 3. The largest absolute Gasteiger partial charge is 0.443 e. The molecule has 0 aliphatic carbocycles. The van der Waals surface area contributed by atoms with Crippen LogP contribution in [-0.2, 0) is 16.0 Å². The minimum Gasteiger partial charge on any atom is -0.443 e. The van der Waals surface area contributed by atoms with Gasteiger partial charge in [-0.1, -0.05) is 6.07 Å². The monoisotopic (exact) mass is 343 g/mol. The lowest BCUT2D eigenvalue weighted by atomic mass is 9.94. The van der Waals surface area contributed by atoms with Crippen molar-refractivity contribution in [2.45, 2.75) is 45.6 Å². The fraction of sp³-hybridized carbons (Fsp3) is 0.529. The Morgan fingerprint density at radius 1 is 1.38 bits per heavy atom. The molecule has 132 valence electrons. The van der Waals surface area contributed by atoms with Crippen LogP contribution in [0.3, 0.4) is 0 Å². The van der Waals surface area contributed by atoms with E-state index >= 15 is 0 Å². The molecule has 0 spiro atoms. The van der Waals surface area contributed by atoms with Gasteiger partial charge in [0.05, 0.1) is 0 Å². The summed E-state index contributed by atoms with van der Waals surface area (Å²) in [6.45, 7) is 5.26. The highest BCUT2D eigenvalue weighted by atomic mass is 19.3. The summed E-state index contributed by atoms with van der Waals surface area (Å²) in [4.78, 5) is 25.4. The number of carbonyl (C=O) groups excluding carboxylic acids is 2. The van der Waals surface area contributed by atoms with Crippen molar-refractivity contribution in [2.75, 3.05) is 6.54 Å². The molecule has 0 N–H and O–H groups in total. The Bertz CT molecular complexity index is 640. The maximum atomic E-state index is 13.2. The summed E-state index contributed by atoms with van der Waals surface area (Å²) in [7, 11) is 0. The lowest BCUT2D eigenvalue weighted by Crippen LogP contribution is -2.38. The minimum atomic E-state index is -2.82. The van der Waals surface area contributed by atoms with Crippen molar-refractivity contribution >= 4 is 12.0 Å². The van der Waals surface area contributed by atoms with Crippen LogP contribution >= 0.6 is 0 Å². The number of amides is 2. The molecule has 7 heteroatoms. The quantitative estimate of drug-likeness (QED) is 0.830. The first-order valence-corrected chi connectivity index (χ1v) is 7.69. The Hall–Kier alpha value is -2.05. The van der Waals surface area contributed by atoms with Crippen LogP contribution in [0.2, 0.25) is 0 Å². The predicted octanol–water partition coefficient (Wildman–Crippen LogP) is 4.09. The SMILES string of the molecule is CC(C)(C)OC(=O)N1CCC(Cc2ccc(F)cc2C(F)F)C1=O. The van der Waals surface area contributed by atoms with Crippen molar-refractivity contribution in [3.8, 4) is 0 Å². The summed E-state index contributed by atoms with van der Waals surface area (Å²) in [5, 5.41) is 0. The van der Waals surface area contributed by atoms with Crippen LogP contribution in [0.4, 0.5) is 18.0 Å². The van der Waals surface area contributed by atoms with Gasteiger partial charge >= 0.3 is 6.09 Å². The van der Waals surface area contributed by atoms with Crippen LogP contribution in [0.15, 0.2) is 18.2 Å². The lowest BCUT2D eigenvalue weighted by molar-refractivity contribution is -0.130. The molecule has 4 nitrogen and oxygen atoms in total. The van der Waals surface area contributed by atoms with Gasteiger partial charge in [-0.05, 0) is 51.3 Å². The Kier molecular flexibility index (Phi) is 5.20. The number of rotatable bonds is 3. The number of benzene rings is 1. The number of alkyl halides is 2. The molecule has 1 aliphatic heterocycles. The molecule has 0 bridgehead atoms. The molecule has 1 aromatic rings. The van der Waals surface area contributed by atoms with Crippen LogP contribution in [0, 0.1) is 11.7 Å². The molecule has 1 fully saturated rings. The number of nitrogens with zero attached hydrogens (tertiary/aromatic N) is 1. The van der Waals surface area contributed by atoms with Gasteiger partial charge in [0, 0.05) is 18.0 Å². The molecule has 1 atom stereocenters. The molecular weight excluding hydrogens is 323 g/mol. The fourth-order valence-electron chi connectivity index (χ4n) is 2.65. The number of imide groups is 1. The van der Waals surface area contributed by atoms with Crippen molar-refractivity contribution in [2.24, 2.45) is 5.92 Å². The van der Waals surface area contributed by atoms with E-state index in [1.165, 1.54) is 6.07 Å². The van der Waals surface area contributed by atoms with Crippen molar-refractivity contribution in [3.05, 3.63) is 35.1 Å². The first-order chi connectivity index (χ1) is 11.1. The third kappa shape index (κ3) is 4.27. The molecule has 1 saturated heterocycles. The molecule has 1 aliphatic rings. The molecular formula is C17H20F3NO3. The molecule has 0 radical (unpaired) electrons. The number of likely N-dealkylation sites (tertiary alicyclic amines) is 1. The Morgan fingerprint density at radius 2 is 2.04 bits per heavy atom. The van der Waals surface area contributed by atoms with Crippen LogP contribution < -0.4 is 0 Å². The fourth-order valence-corrected chi connectivity index (χ4v) is 2.65. The number of hydrogen-bond donors (Lipinski definition) is 0. The second-order valence-electron chi connectivity index (χ2n) is 6.80. The summed E-state index contributed by atoms with van der Waals surface area (Å²) in [5.74, 6) is -1.79. The molecule has 1 heterocycles. The van der Waals surface area contributed by atoms with E-state index in [0.717, 1.165) is 17.0 Å². The van der Waals surface area contributed by atoms with Gasteiger partial charge in [-0.3, -0.25) is 4.79 Å². The van der Waals surface area contributed by atoms with Crippen molar-refractivity contribution in [1.29, 1.82) is 0 Å². The summed E-state index contributed by atoms with van der Waals surface area (Å²) < 4.78 is 44.4. The van der Waals surface area contributed by atoms with Crippen LogP contribution in [0.25, 0.3) is 0 Å². The first kappa shape index (κ1) is 18.3. The maximum absolute atomic E-state index is 13.2. The van der Waals surface area contributed by atoms with E-state index in [0.29, 0.717) is 6.42 Å². The molecule has 2 amide bonds. The second-order valence-corrected chi connectivity index (χ2v) is 6.80. The van der Waals surface area contributed by atoms with Gasteiger partial charge in [-0.15, -0.1) is 0 Å². The smallest absolute Gasteiger partial charge is 0.417 e. The molecule has 0 saturated carbocycles. The first-order valence-electron chi connectivity index (χ1n) is 7.69. The third-order valence-corrected chi connectivity index (χ3v) is 3.74. The van der Waals surface area contributed by atoms with Gasteiger partial charge in [-0.2, -0.15) is 0 Å². The van der Waals surface area contributed by atoms with E-state index < -0.39 is 41.3 Å². The highest BCUT2D eigenvalue weighted by molar-refractivity contribution is 5.95. The molecule has 1 aromatic carbocycles. The van der Waals surface area contributed by atoms with Gasteiger partial charge in [0.2, 0.25) is 5.91 Å². The topological polar surface area (TPSA) is 46.6 Å². The Morgan fingerprint density at radius 3 is 2.62 bits per heavy atom. The summed E-state index contributed by atoms with van der Waals surface area (Å²) in [6, 6.07) is 3.14. The van der Waals surface area contributed by atoms with Crippen molar-refractivity contribution < 1.29 is 27.5 Å². The zero-order valence-electron chi connectivity index (χ0n) is 13.8. The zero-order valence-corrected chi connectivity index (χ0v) is 13.8. The van der Waals surface area contributed by atoms with Crippen molar-refractivity contribution in [1.82, 2.24) is 4.90 Å². The molecule has 0 aromatic heterocycles. The summed E-state index contributed by atoms with van der Waals surface area (Å²) in [6.07, 6.45) is -3.16. The van der Waals surface area contributed by atoms with Crippen molar-refractivity contribution in [3.63, 3.8) is 0 Å². The third-order valence-electron chi connectivity index (χ3n) is 3.74. The van der Waals surface area contributed by atoms with E-state index in [1.54, 1.807) is 20.8 Å². The normalized spacial score (nSPS) is 18.4. The minimum absolute atomic E-state index is 0.0398. The molecule has 1 unspecified atom stereocenters. The highest BCUT2D eigenvalue weighted by Crippen LogP contribution is 2.29. The standard InChI is InChI=1S/C17H20F3NO3/c1-17(2,3)24-16(23)21-7-6-11(15(21)22)8-10-4-5-12(18)9-13(10)14(19)20/h4-5,9,11,14H,6-8H2,1-3H3. The number of hydrogen-bond acceptors (Lipinski definition) is 3. The van der Waals surface area contributed by atoms with Gasteiger partial charge in [-0.25, -0.2) is 22.9 Å². The van der Waals surface area contributed by atoms with Crippen LogP contribution in [-0.4, -0.2) is 29.0 Å². The summed E-state index contributed by atoms with van der Waals surface area (Å²) in [5.41, 5.74) is -0.927. The summed E-state index contributed by atoms with van der Waals surface area (Å²) >= 11 is 0. The van der Waals surface area contributed by atoms with E-state index in [2.05, 4.69) is 0 Å². The Labute approximate surface area is 138 Å². The zero-order chi connectivity index (χ0) is 18.1. The van der Waals surface area contributed by atoms with Gasteiger partial charge in [0.25, 0.3) is 6.43 Å². The highest BCUT2D eigenvalue weighted by Gasteiger charge is 2.38. The van der Waals surface area contributed by atoms with E-state index in [-0.39, 0.29) is 18.5 Å². The predicted molar refractivity (Wildman–Crippen MR) is 81.1 cm³/mol. The second kappa shape index (κ2) is 6.83. The van der Waals surface area contributed by atoms with E-state index in [1.807, 2.05) is 0 Å². The molecule has 2 rings (SSSR count). The van der Waals surface area contributed by atoms with Gasteiger partial charge < -0.3 is 4.74 Å². The average Bonchev–Trinajstić information content (AvgIpc) is 2.80. The van der Waals surface area contributed by atoms with Gasteiger partial charge in [0.1, 0.15) is 11.4 Å². The van der Waals surface area contributed by atoms with Gasteiger partial charge in [0.15, 0.2) is 0 Å². The number of ether oxygens (including phenoxy) is 1. The number of carbonyl (C=O) groups is 2. The van der Waals surface area contributed by atoms with Crippen LogP contribution in [0.1, 0.15) is 44.7 Å². The maximum Gasteiger partial charge on any atom is 0.417 e. The van der Waals surface area contributed by atoms with Crippen LogP contribution in [0.5, 0.6) is 0 Å². The van der Waals surface area contributed by atoms with E-state index in [9.17, 15) is 22.8 Å². The van der Waals surface area contributed by atoms with E-state index in [4.69, 9.17) is 4.74 Å². The average molecular weight is 343 g/mol. The molecule has 24 heavy (non-hydrogen) atoms. The lowest BCUT2D eigenvalue weighted by Gasteiger charge is -2.23. The Balaban J connectivity index is 2.11.